The van der Waals surface area contributed by atoms with E-state index < -0.39 is 0 Å². The first-order valence-electron chi connectivity index (χ1n) is 5.80. The molecular weight excluding hydrogens is 276 g/mol. The van der Waals surface area contributed by atoms with E-state index in [4.69, 9.17) is 4.74 Å². The molecule has 0 fully saturated rings. The molecular formula is C15H13BrO. The van der Waals surface area contributed by atoms with Gasteiger partial charge in [0.25, 0.3) is 0 Å². The highest BCUT2D eigenvalue weighted by molar-refractivity contribution is 9.10. The van der Waals surface area contributed by atoms with Gasteiger partial charge in [0.1, 0.15) is 0 Å². The van der Waals surface area contributed by atoms with Crippen LogP contribution < -0.4 is 0 Å². The van der Waals surface area contributed by atoms with Gasteiger partial charge in [-0.25, -0.2) is 0 Å². The van der Waals surface area contributed by atoms with Crippen LogP contribution in [0.4, 0.5) is 0 Å². The summed E-state index contributed by atoms with van der Waals surface area (Å²) in [4.78, 5) is 0. The molecule has 0 radical (unpaired) electrons. The molecule has 2 heteroatoms. The lowest BCUT2D eigenvalue weighted by Gasteiger charge is -2.22. The van der Waals surface area contributed by atoms with Gasteiger partial charge in [-0.3, -0.25) is 0 Å². The SMILES string of the molecule is Brc1ccc2ccccc2c1C1CC=CCO1. The lowest BCUT2D eigenvalue weighted by Crippen LogP contribution is -2.08. The Morgan fingerprint density at radius 3 is 2.76 bits per heavy atom. The normalized spacial score (nSPS) is 19.7. The summed E-state index contributed by atoms with van der Waals surface area (Å²) in [5.41, 5.74) is 1.27. The van der Waals surface area contributed by atoms with Crippen LogP contribution in [0.1, 0.15) is 18.1 Å². The molecule has 1 unspecified atom stereocenters. The molecule has 0 saturated heterocycles. The highest BCUT2D eigenvalue weighted by Gasteiger charge is 2.18. The second-order valence-electron chi connectivity index (χ2n) is 4.21. The summed E-state index contributed by atoms with van der Waals surface area (Å²) in [7, 11) is 0. The van der Waals surface area contributed by atoms with Crippen LogP contribution in [-0.2, 0) is 4.74 Å². The predicted octanol–water partition coefficient (Wildman–Crippen LogP) is 4.62. The lowest BCUT2D eigenvalue weighted by molar-refractivity contribution is 0.0683. The third kappa shape index (κ3) is 2.03. The minimum atomic E-state index is 0.167. The molecule has 1 heterocycles. The molecule has 86 valence electrons. The van der Waals surface area contributed by atoms with Crippen molar-refractivity contribution in [2.24, 2.45) is 0 Å². The van der Waals surface area contributed by atoms with Gasteiger partial charge in [0.15, 0.2) is 0 Å². The molecule has 1 nitrogen and oxygen atoms in total. The molecule has 0 aromatic heterocycles. The highest BCUT2D eigenvalue weighted by atomic mass is 79.9. The Balaban J connectivity index is 2.19. The van der Waals surface area contributed by atoms with E-state index in [1.165, 1.54) is 16.3 Å². The van der Waals surface area contributed by atoms with E-state index in [1.54, 1.807) is 0 Å². The minimum absolute atomic E-state index is 0.167. The average molecular weight is 289 g/mol. The fraction of sp³-hybridized carbons (Fsp3) is 0.200. The molecule has 17 heavy (non-hydrogen) atoms. The van der Waals surface area contributed by atoms with Crippen molar-refractivity contribution >= 4 is 26.7 Å². The van der Waals surface area contributed by atoms with Gasteiger partial charge in [0.05, 0.1) is 12.7 Å². The van der Waals surface area contributed by atoms with Crippen LogP contribution in [-0.4, -0.2) is 6.61 Å². The first-order chi connectivity index (χ1) is 8.36. The lowest BCUT2D eigenvalue weighted by atomic mass is 9.98. The molecule has 0 aliphatic carbocycles. The standard InChI is InChI=1S/C15H13BrO/c16-13-9-8-11-5-1-2-6-12(11)15(13)14-7-3-4-10-17-14/h1-6,8-9,14H,7,10H2. The summed E-state index contributed by atoms with van der Waals surface area (Å²) in [5.74, 6) is 0. The molecule has 1 aliphatic heterocycles. The molecule has 2 aromatic rings. The Morgan fingerprint density at radius 1 is 1.06 bits per heavy atom. The summed E-state index contributed by atoms with van der Waals surface area (Å²) in [6.45, 7) is 0.709. The van der Waals surface area contributed by atoms with Crippen LogP contribution in [0.3, 0.4) is 0 Å². The van der Waals surface area contributed by atoms with Crippen molar-refractivity contribution in [1.82, 2.24) is 0 Å². The quantitative estimate of drug-likeness (QED) is 0.696. The topological polar surface area (TPSA) is 9.23 Å². The second-order valence-corrected chi connectivity index (χ2v) is 5.07. The number of ether oxygens (including phenoxy) is 1. The van der Waals surface area contributed by atoms with Gasteiger partial charge in [0.2, 0.25) is 0 Å². The molecule has 2 aromatic carbocycles. The Bertz CT molecular complexity index is 574. The van der Waals surface area contributed by atoms with Crippen molar-refractivity contribution in [2.75, 3.05) is 6.61 Å². The summed E-state index contributed by atoms with van der Waals surface area (Å²) in [5, 5.41) is 2.55. The number of hydrogen-bond donors (Lipinski definition) is 0. The summed E-state index contributed by atoms with van der Waals surface area (Å²) >= 11 is 3.65. The summed E-state index contributed by atoms with van der Waals surface area (Å²) in [6.07, 6.45) is 5.39. The number of fused-ring (bicyclic) bond motifs is 1. The van der Waals surface area contributed by atoms with Crippen molar-refractivity contribution in [3.63, 3.8) is 0 Å². The van der Waals surface area contributed by atoms with Gasteiger partial charge in [-0.05, 0) is 23.3 Å². The first kappa shape index (κ1) is 11.0. The average Bonchev–Trinajstić information content (AvgIpc) is 2.39. The Labute approximate surface area is 109 Å². The van der Waals surface area contributed by atoms with Crippen molar-refractivity contribution in [3.8, 4) is 0 Å². The van der Waals surface area contributed by atoms with E-state index in [1.807, 2.05) is 0 Å². The van der Waals surface area contributed by atoms with Crippen LogP contribution in [0.25, 0.3) is 10.8 Å². The fourth-order valence-electron chi connectivity index (χ4n) is 2.33. The summed E-state index contributed by atoms with van der Waals surface area (Å²) < 4.78 is 6.97. The van der Waals surface area contributed by atoms with E-state index in [0.29, 0.717) is 6.61 Å². The van der Waals surface area contributed by atoms with Crippen LogP contribution in [0, 0.1) is 0 Å². The molecule has 0 N–H and O–H groups in total. The molecule has 1 aliphatic rings. The Hall–Kier alpha value is -1.12. The second kappa shape index (κ2) is 4.63. The Morgan fingerprint density at radius 2 is 1.94 bits per heavy atom. The van der Waals surface area contributed by atoms with E-state index >= 15 is 0 Å². The summed E-state index contributed by atoms with van der Waals surface area (Å²) in [6, 6.07) is 12.7. The van der Waals surface area contributed by atoms with Crippen LogP contribution >= 0.6 is 15.9 Å². The van der Waals surface area contributed by atoms with Crippen molar-refractivity contribution in [1.29, 1.82) is 0 Å². The van der Waals surface area contributed by atoms with Gasteiger partial charge < -0.3 is 4.74 Å². The Kier molecular flexibility index (Phi) is 3.00. The zero-order chi connectivity index (χ0) is 11.7. The van der Waals surface area contributed by atoms with E-state index in [9.17, 15) is 0 Å². The molecule has 0 saturated carbocycles. The smallest absolute Gasteiger partial charge is 0.0880 e. The zero-order valence-electron chi connectivity index (χ0n) is 9.40. The predicted molar refractivity (Wildman–Crippen MR) is 74.1 cm³/mol. The molecule has 0 spiro atoms. The number of hydrogen-bond acceptors (Lipinski definition) is 1. The fourth-order valence-corrected chi connectivity index (χ4v) is 2.93. The first-order valence-corrected chi connectivity index (χ1v) is 6.59. The zero-order valence-corrected chi connectivity index (χ0v) is 11.0. The van der Waals surface area contributed by atoms with Gasteiger partial charge in [-0.1, -0.05) is 58.4 Å². The maximum atomic E-state index is 5.84. The molecule has 0 amide bonds. The van der Waals surface area contributed by atoms with Gasteiger partial charge >= 0.3 is 0 Å². The molecule has 0 bridgehead atoms. The highest BCUT2D eigenvalue weighted by Crippen LogP contribution is 2.36. The number of rotatable bonds is 1. The third-order valence-corrected chi connectivity index (χ3v) is 3.84. The number of benzene rings is 2. The van der Waals surface area contributed by atoms with E-state index in [0.717, 1.165) is 10.9 Å². The van der Waals surface area contributed by atoms with Gasteiger partial charge in [-0.2, -0.15) is 0 Å². The van der Waals surface area contributed by atoms with Crippen LogP contribution in [0.5, 0.6) is 0 Å². The van der Waals surface area contributed by atoms with Crippen molar-refractivity contribution < 1.29 is 4.74 Å². The van der Waals surface area contributed by atoms with Gasteiger partial charge in [-0.15, -0.1) is 0 Å². The maximum Gasteiger partial charge on any atom is 0.0880 e. The molecule has 3 rings (SSSR count). The van der Waals surface area contributed by atoms with Crippen molar-refractivity contribution in [2.45, 2.75) is 12.5 Å². The van der Waals surface area contributed by atoms with Gasteiger partial charge in [0, 0.05) is 10.0 Å². The minimum Gasteiger partial charge on any atom is -0.369 e. The van der Waals surface area contributed by atoms with Crippen LogP contribution in [0.2, 0.25) is 0 Å². The largest absolute Gasteiger partial charge is 0.369 e. The molecule has 1 atom stereocenters. The maximum absolute atomic E-state index is 5.84. The number of halogens is 1. The van der Waals surface area contributed by atoms with E-state index in [-0.39, 0.29) is 6.10 Å². The van der Waals surface area contributed by atoms with E-state index in [2.05, 4.69) is 64.5 Å². The monoisotopic (exact) mass is 288 g/mol. The van der Waals surface area contributed by atoms with Crippen molar-refractivity contribution in [3.05, 3.63) is 58.6 Å². The third-order valence-electron chi connectivity index (χ3n) is 3.15. The van der Waals surface area contributed by atoms with Crippen LogP contribution in [0.15, 0.2) is 53.0 Å².